The highest BCUT2D eigenvalue weighted by Crippen LogP contribution is 2.33. The number of aromatic nitrogens is 3. The van der Waals surface area contributed by atoms with E-state index in [1.54, 1.807) is 23.7 Å². The number of amides is 1. The summed E-state index contributed by atoms with van der Waals surface area (Å²) in [4.78, 5) is 23.9. The van der Waals surface area contributed by atoms with E-state index >= 15 is 0 Å². The molecule has 1 amide bonds. The Morgan fingerprint density at radius 2 is 2.04 bits per heavy atom. The third-order valence-electron chi connectivity index (χ3n) is 5.43. The maximum Gasteiger partial charge on any atom is 0.243 e. The first kappa shape index (κ1) is 17.9. The Hall–Kier alpha value is -2.47. The van der Waals surface area contributed by atoms with Crippen LogP contribution >= 0.6 is 11.3 Å². The van der Waals surface area contributed by atoms with Crippen molar-refractivity contribution in [2.45, 2.75) is 46.2 Å². The molecule has 1 aliphatic rings. The van der Waals surface area contributed by atoms with Crippen LogP contribution in [0.5, 0.6) is 0 Å². The van der Waals surface area contributed by atoms with Gasteiger partial charge in [0.2, 0.25) is 5.91 Å². The summed E-state index contributed by atoms with van der Waals surface area (Å²) in [6, 6.07) is 6.34. The van der Waals surface area contributed by atoms with E-state index in [9.17, 15) is 4.79 Å². The average molecular weight is 381 g/mol. The van der Waals surface area contributed by atoms with E-state index < -0.39 is 0 Å². The van der Waals surface area contributed by atoms with Gasteiger partial charge in [-0.1, -0.05) is 0 Å². The number of thiazole rings is 1. The molecule has 4 heterocycles. The quantitative estimate of drug-likeness (QED) is 0.678. The van der Waals surface area contributed by atoms with Crippen molar-refractivity contribution in [1.29, 1.82) is 0 Å². The first-order valence-corrected chi connectivity index (χ1v) is 10.2. The Labute approximate surface area is 163 Å². The molecule has 1 fully saturated rings. The second-order valence-corrected chi connectivity index (χ2v) is 8.21. The van der Waals surface area contributed by atoms with Crippen molar-refractivity contribution >= 4 is 17.2 Å². The number of likely N-dealkylation sites (tertiary alicyclic amines) is 1. The highest BCUT2D eigenvalue weighted by atomic mass is 32.1. The van der Waals surface area contributed by atoms with Crippen LogP contribution < -0.4 is 0 Å². The number of carbonyl (C=O) groups is 1. The SMILES string of the molecule is Cc1nc(-c2cc(C)n(CC(=O)N3CCC[C@H]3c3ccncc3)c2C)cs1. The zero-order chi connectivity index (χ0) is 19.0. The third kappa shape index (κ3) is 3.41. The molecule has 0 aromatic carbocycles. The Kier molecular flexibility index (Phi) is 4.83. The van der Waals surface area contributed by atoms with Crippen LogP contribution in [0.4, 0.5) is 0 Å². The van der Waals surface area contributed by atoms with Gasteiger partial charge >= 0.3 is 0 Å². The predicted molar refractivity (Wildman–Crippen MR) is 108 cm³/mol. The Balaban J connectivity index is 1.57. The lowest BCUT2D eigenvalue weighted by Crippen LogP contribution is -2.33. The molecule has 3 aromatic rings. The van der Waals surface area contributed by atoms with Crippen LogP contribution in [-0.2, 0) is 11.3 Å². The smallest absolute Gasteiger partial charge is 0.243 e. The van der Waals surface area contributed by atoms with Crippen molar-refractivity contribution < 1.29 is 4.79 Å². The van der Waals surface area contributed by atoms with Gasteiger partial charge in [-0.15, -0.1) is 11.3 Å². The minimum Gasteiger partial charge on any atom is -0.339 e. The number of carbonyl (C=O) groups excluding carboxylic acids is 1. The fourth-order valence-electron chi connectivity index (χ4n) is 4.01. The van der Waals surface area contributed by atoms with Gasteiger partial charge in [0.05, 0.1) is 16.7 Å². The third-order valence-corrected chi connectivity index (χ3v) is 6.20. The van der Waals surface area contributed by atoms with Gasteiger partial charge in [0.25, 0.3) is 0 Å². The molecule has 4 rings (SSSR count). The lowest BCUT2D eigenvalue weighted by atomic mass is 10.1. The van der Waals surface area contributed by atoms with Crippen molar-refractivity contribution in [1.82, 2.24) is 19.4 Å². The minimum atomic E-state index is 0.164. The van der Waals surface area contributed by atoms with Crippen molar-refractivity contribution in [2.24, 2.45) is 0 Å². The molecule has 0 aliphatic carbocycles. The molecule has 0 saturated carbocycles. The Bertz CT molecular complexity index is 960. The molecule has 0 N–H and O–H groups in total. The van der Waals surface area contributed by atoms with Gasteiger partial charge < -0.3 is 9.47 Å². The second-order valence-electron chi connectivity index (χ2n) is 7.15. The fourth-order valence-corrected chi connectivity index (χ4v) is 4.63. The lowest BCUT2D eigenvalue weighted by Gasteiger charge is -2.26. The summed E-state index contributed by atoms with van der Waals surface area (Å²) in [6.07, 6.45) is 5.67. The zero-order valence-corrected chi connectivity index (χ0v) is 16.8. The minimum absolute atomic E-state index is 0.164. The summed E-state index contributed by atoms with van der Waals surface area (Å²) >= 11 is 1.65. The van der Waals surface area contributed by atoms with E-state index in [4.69, 9.17) is 0 Å². The summed E-state index contributed by atoms with van der Waals surface area (Å²) < 4.78 is 2.12. The van der Waals surface area contributed by atoms with Gasteiger partial charge in [0.15, 0.2) is 0 Å². The van der Waals surface area contributed by atoms with Gasteiger partial charge in [-0.05, 0) is 57.4 Å². The van der Waals surface area contributed by atoms with Crippen LogP contribution in [0, 0.1) is 20.8 Å². The highest BCUT2D eigenvalue weighted by Gasteiger charge is 2.30. The van der Waals surface area contributed by atoms with Gasteiger partial charge in [-0.25, -0.2) is 4.98 Å². The Morgan fingerprint density at radius 1 is 1.26 bits per heavy atom. The summed E-state index contributed by atoms with van der Waals surface area (Å²) in [5.74, 6) is 0.178. The van der Waals surface area contributed by atoms with Gasteiger partial charge in [0.1, 0.15) is 6.54 Å². The van der Waals surface area contributed by atoms with Crippen LogP contribution in [0.1, 0.15) is 40.8 Å². The molecule has 1 aliphatic heterocycles. The van der Waals surface area contributed by atoms with E-state index in [1.165, 1.54) is 5.56 Å². The van der Waals surface area contributed by atoms with Crippen LogP contribution in [0.3, 0.4) is 0 Å². The van der Waals surface area contributed by atoms with Gasteiger partial charge in [-0.3, -0.25) is 9.78 Å². The lowest BCUT2D eigenvalue weighted by molar-refractivity contribution is -0.132. The molecule has 140 valence electrons. The van der Waals surface area contributed by atoms with Crippen molar-refractivity contribution in [3.63, 3.8) is 0 Å². The highest BCUT2D eigenvalue weighted by molar-refractivity contribution is 7.09. The molecular weight excluding hydrogens is 356 g/mol. The molecule has 0 bridgehead atoms. The second kappa shape index (κ2) is 7.27. The molecule has 0 radical (unpaired) electrons. The molecule has 6 heteroatoms. The summed E-state index contributed by atoms with van der Waals surface area (Å²) in [5, 5.41) is 3.14. The maximum atomic E-state index is 13.1. The molecule has 27 heavy (non-hydrogen) atoms. The maximum absolute atomic E-state index is 13.1. The number of hydrogen-bond acceptors (Lipinski definition) is 4. The molecule has 0 unspecified atom stereocenters. The topological polar surface area (TPSA) is 51.0 Å². The molecule has 3 aromatic heterocycles. The number of rotatable bonds is 4. The zero-order valence-electron chi connectivity index (χ0n) is 16.0. The first-order chi connectivity index (χ1) is 13.0. The van der Waals surface area contributed by atoms with Crippen molar-refractivity contribution in [2.75, 3.05) is 6.54 Å². The summed E-state index contributed by atoms with van der Waals surface area (Å²) in [5.41, 5.74) is 5.50. The molecule has 0 spiro atoms. The van der Waals surface area contributed by atoms with Gasteiger partial charge in [0, 0.05) is 41.3 Å². The number of aryl methyl sites for hydroxylation is 2. The van der Waals surface area contributed by atoms with E-state index in [-0.39, 0.29) is 11.9 Å². The van der Waals surface area contributed by atoms with E-state index in [0.717, 1.165) is 47.0 Å². The number of nitrogens with zero attached hydrogens (tertiary/aromatic N) is 4. The molecule has 1 atom stereocenters. The monoisotopic (exact) mass is 380 g/mol. The van der Waals surface area contributed by atoms with Crippen LogP contribution in [-0.4, -0.2) is 31.9 Å². The van der Waals surface area contributed by atoms with Crippen LogP contribution in [0.25, 0.3) is 11.3 Å². The summed E-state index contributed by atoms with van der Waals surface area (Å²) in [7, 11) is 0. The number of hydrogen-bond donors (Lipinski definition) is 0. The molecule has 1 saturated heterocycles. The van der Waals surface area contributed by atoms with Crippen molar-refractivity contribution in [3.8, 4) is 11.3 Å². The summed E-state index contributed by atoms with van der Waals surface area (Å²) in [6.45, 7) is 7.36. The average Bonchev–Trinajstić information content (AvgIpc) is 3.38. The largest absolute Gasteiger partial charge is 0.339 e. The van der Waals surface area contributed by atoms with Crippen LogP contribution in [0.2, 0.25) is 0 Å². The van der Waals surface area contributed by atoms with Crippen LogP contribution in [0.15, 0.2) is 36.0 Å². The van der Waals surface area contributed by atoms with E-state index in [1.807, 2.05) is 24.0 Å². The number of pyridine rings is 1. The van der Waals surface area contributed by atoms with Crippen molar-refractivity contribution in [3.05, 3.63) is 57.9 Å². The predicted octanol–water partition coefficient (Wildman–Crippen LogP) is 4.30. The Morgan fingerprint density at radius 3 is 2.74 bits per heavy atom. The normalized spacial score (nSPS) is 16.9. The standard InChI is InChI=1S/C21H24N4OS/c1-14-11-18(19-13-27-16(3)23-19)15(2)25(14)12-21(26)24-10-4-5-20(24)17-6-8-22-9-7-17/h6-9,11,13,20H,4-5,10,12H2,1-3H3/t20-/m0/s1. The van der Waals surface area contributed by atoms with Gasteiger partial charge in [-0.2, -0.15) is 0 Å². The molecular formula is C21H24N4OS. The van der Waals surface area contributed by atoms with E-state index in [0.29, 0.717) is 6.54 Å². The molecule has 5 nitrogen and oxygen atoms in total. The fraction of sp³-hybridized carbons (Fsp3) is 0.381. The first-order valence-electron chi connectivity index (χ1n) is 9.33. The van der Waals surface area contributed by atoms with E-state index in [2.05, 4.69) is 39.8 Å².